The van der Waals surface area contributed by atoms with Gasteiger partial charge in [0.05, 0.1) is 16.3 Å². The van der Waals surface area contributed by atoms with Crippen molar-refractivity contribution in [3.05, 3.63) is 12.1 Å². The topological polar surface area (TPSA) is 133 Å². The number of amides is 1. The van der Waals surface area contributed by atoms with Gasteiger partial charge < -0.3 is 20.7 Å². The number of anilines is 2. The van der Waals surface area contributed by atoms with Crippen LogP contribution in [-0.2, 0) is 14.9 Å². The molecule has 16 heavy (non-hydrogen) atoms. The summed E-state index contributed by atoms with van der Waals surface area (Å²) in [7, 11) is -4.69. The van der Waals surface area contributed by atoms with Crippen LogP contribution in [0.25, 0.3) is 0 Å². The molecule has 0 radical (unpaired) electrons. The van der Waals surface area contributed by atoms with Crippen molar-refractivity contribution < 1.29 is 22.9 Å². The maximum absolute atomic E-state index is 10.7. The van der Waals surface area contributed by atoms with Crippen LogP contribution in [0.3, 0.4) is 0 Å². The highest BCUT2D eigenvalue weighted by Crippen LogP contribution is 2.32. The van der Waals surface area contributed by atoms with E-state index < -0.39 is 26.7 Å². The Labute approximate surface area is 91.6 Å². The molecule has 8 heteroatoms. The average molecular weight is 245 g/mol. The maximum atomic E-state index is 10.7. The molecular weight excluding hydrogens is 236 g/mol. The molecule has 0 aliphatic rings. The van der Waals surface area contributed by atoms with Gasteiger partial charge in [-0.3, -0.25) is 4.79 Å². The smallest absolute Gasteiger partial charge is 0.221 e. The first-order valence-corrected chi connectivity index (χ1v) is 5.48. The van der Waals surface area contributed by atoms with E-state index in [9.17, 15) is 22.9 Å². The summed E-state index contributed by atoms with van der Waals surface area (Å²) in [5.74, 6) is -1.02. The largest absolute Gasteiger partial charge is 0.744 e. The number of carbonyl (C=O) groups is 1. The van der Waals surface area contributed by atoms with Crippen molar-refractivity contribution in [2.75, 3.05) is 11.1 Å². The zero-order chi connectivity index (χ0) is 12.5. The molecule has 1 aromatic rings. The molecule has 4 N–H and O–H groups in total. The molecular formula is C8H9N2O5S-. The monoisotopic (exact) mass is 245 g/mol. The van der Waals surface area contributed by atoms with Crippen LogP contribution < -0.4 is 11.1 Å². The Hall–Kier alpha value is -1.80. The second-order valence-electron chi connectivity index (χ2n) is 3.04. The number of benzene rings is 1. The van der Waals surface area contributed by atoms with Gasteiger partial charge in [0, 0.05) is 6.92 Å². The number of nitrogens with two attached hydrogens (primary N) is 1. The van der Waals surface area contributed by atoms with E-state index in [0.29, 0.717) is 0 Å². The summed E-state index contributed by atoms with van der Waals surface area (Å²) in [6, 6.07) is 1.67. The molecule has 1 amide bonds. The fraction of sp³-hybridized carbons (Fsp3) is 0.125. The molecule has 88 valence electrons. The van der Waals surface area contributed by atoms with E-state index in [0.717, 1.165) is 19.1 Å². The van der Waals surface area contributed by atoms with E-state index in [1.807, 2.05) is 0 Å². The summed E-state index contributed by atoms with van der Waals surface area (Å²) < 4.78 is 32.2. The molecule has 0 aliphatic heterocycles. The lowest BCUT2D eigenvalue weighted by atomic mass is 10.2. The first kappa shape index (κ1) is 12.3. The third kappa shape index (κ3) is 2.61. The lowest BCUT2D eigenvalue weighted by molar-refractivity contribution is -0.114. The van der Waals surface area contributed by atoms with Crippen molar-refractivity contribution in [1.82, 2.24) is 0 Å². The van der Waals surface area contributed by atoms with Crippen LogP contribution in [0.5, 0.6) is 5.75 Å². The zero-order valence-electron chi connectivity index (χ0n) is 8.22. The van der Waals surface area contributed by atoms with E-state index in [1.54, 1.807) is 0 Å². The molecule has 0 unspecified atom stereocenters. The minimum Gasteiger partial charge on any atom is -0.744 e. The molecule has 0 saturated carbocycles. The summed E-state index contributed by atoms with van der Waals surface area (Å²) in [5.41, 5.74) is 4.76. The van der Waals surface area contributed by atoms with Crippen LogP contribution in [0, 0.1) is 0 Å². The van der Waals surface area contributed by atoms with Gasteiger partial charge in [0.25, 0.3) is 0 Å². The van der Waals surface area contributed by atoms with Gasteiger partial charge in [0.2, 0.25) is 5.91 Å². The van der Waals surface area contributed by atoms with Gasteiger partial charge in [0.15, 0.2) is 5.75 Å². The van der Waals surface area contributed by atoms with Crippen molar-refractivity contribution in [2.45, 2.75) is 11.8 Å². The Morgan fingerprint density at radius 1 is 1.50 bits per heavy atom. The van der Waals surface area contributed by atoms with Gasteiger partial charge in [-0.15, -0.1) is 0 Å². The number of phenols is 1. The number of rotatable bonds is 2. The van der Waals surface area contributed by atoms with Gasteiger partial charge in [0.1, 0.15) is 10.1 Å². The number of hydrogen-bond donors (Lipinski definition) is 3. The number of nitrogen functional groups attached to an aromatic ring is 1. The van der Waals surface area contributed by atoms with Crippen LogP contribution in [0.2, 0.25) is 0 Å². The number of aromatic hydroxyl groups is 1. The molecule has 0 spiro atoms. The third-order valence-corrected chi connectivity index (χ3v) is 2.53. The van der Waals surface area contributed by atoms with E-state index in [1.165, 1.54) is 0 Å². The molecule has 0 atom stereocenters. The lowest BCUT2D eigenvalue weighted by Crippen LogP contribution is -2.08. The Bertz CT molecular complexity index is 538. The first-order valence-electron chi connectivity index (χ1n) is 4.08. The fourth-order valence-corrected chi connectivity index (χ4v) is 1.59. The second kappa shape index (κ2) is 3.99. The van der Waals surface area contributed by atoms with Gasteiger partial charge in [-0.1, -0.05) is 0 Å². The van der Waals surface area contributed by atoms with E-state index >= 15 is 0 Å². The Kier molecular flexibility index (Phi) is 3.06. The standard InChI is InChI=1S/C8H10N2O5S/c1-4(11)10-7-3-5(16(13,14)15)2-6(9)8(7)12/h2-3,12H,9H2,1H3,(H,10,11)(H,13,14,15)/p-1. The Balaban J connectivity index is 3.39. The molecule has 0 bridgehead atoms. The molecule has 0 saturated heterocycles. The first-order chi connectivity index (χ1) is 7.21. The van der Waals surface area contributed by atoms with Crippen LogP contribution in [0.15, 0.2) is 17.0 Å². The Morgan fingerprint density at radius 2 is 2.06 bits per heavy atom. The molecule has 1 rings (SSSR count). The van der Waals surface area contributed by atoms with Crippen molar-refractivity contribution in [2.24, 2.45) is 0 Å². The van der Waals surface area contributed by atoms with Gasteiger partial charge >= 0.3 is 0 Å². The summed E-state index contributed by atoms with van der Waals surface area (Å²) in [5, 5.41) is 11.6. The lowest BCUT2D eigenvalue weighted by Gasteiger charge is -2.12. The van der Waals surface area contributed by atoms with Crippen molar-refractivity contribution in [1.29, 1.82) is 0 Å². The quantitative estimate of drug-likeness (QED) is 0.376. The highest BCUT2D eigenvalue weighted by molar-refractivity contribution is 7.85. The molecule has 1 aromatic carbocycles. The van der Waals surface area contributed by atoms with Crippen LogP contribution >= 0.6 is 0 Å². The minimum absolute atomic E-state index is 0.220. The summed E-state index contributed by atoms with van der Waals surface area (Å²) in [4.78, 5) is 10.1. The molecule has 0 fully saturated rings. The van der Waals surface area contributed by atoms with Crippen molar-refractivity contribution in [3.63, 3.8) is 0 Å². The normalized spacial score (nSPS) is 11.1. The number of phenolic OH excluding ortho intramolecular Hbond substituents is 1. The SMILES string of the molecule is CC(=O)Nc1cc(S(=O)(=O)[O-])cc(N)c1O. The fourth-order valence-electron chi connectivity index (χ4n) is 1.06. The second-order valence-corrected chi connectivity index (χ2v) is 4.42. The number of hydrogen-bond acceptors (Lipinski definition) is 6. The minimum atomic E-state index is -4.69. The zero-order valence-corrected chi connectivity index (χ0v) is 9.04. The molecule has 0 heterocycles. The summed E-state index contributed by atoms with van der Waals surface area (Å²) >= 11 is 0. The number of nitrogens with one attached hydrogen (secondary N) is 1. The number of carbonyl (C=O) groups excluding carboxylic acids is 1. The summed E-state index contributed by atoms with van der Waals surface area (Å²) in [6.45, 7) is 1.16. The maximum Gasteiger partial charge on any atom is 0.221 e. The third-order valence-electron chi connectivity index (χ3n) is 1.71. The van der Waals surface area contributed by atoms with Crippen LogP contribution in [-0.4, -0.2) is 24.0 Å². The molecule has 0 aromatic heterocycles. The van der Waals surface area contributed by atoms with E-state index in [2.05, 4.69) is 5.32 Å². The van der Waals surface area contributed by atoms with Gasteiger partial charge in [-0.2, -0.15) is 0 Å². The predicted octanol–water partition coefficient (Wildman–Crippen LogP) is -0.163. The van der Waals surface area contributed by atoms with Crippen LogP contribution in [0.4, 0.5) is 11.4 Å². The predicted molar refractivity (Wildman–Crippen MR) is 54.8 cm³/mol. The Morgan fingerprint density at radius 3 is 2.50 bits per heavy atom. The van der Waals surface area contributed by atoms with Crippen molar-refractivity contribution >= 4 is 27.4 Å². The van der Waals surface area contributed by atoms with Crippen LogP contribution in [0.1, 0.15) is 6.92 Å². The average Bonchev–Trinajstić information content (AvgIpc) is 2.10. The highest BCUT2D eigenvalue weighted by Gasteiger charge is 2.12. The molecule has 7 nitrogen and oxygen atoms in total. The van der Waals surface area contributed by atoms with E-state index in [-0.39, 0.29) is 11.4 Å². The molecule has 0 aliphatic carbocycles. The summed E-state index contributed by atoms with van der Waals surface area (Å²) in [6.07, 6.45) is 0. The van der Waals surface area contributed by atoms with Gasteiger partial charge in [-0.25, -0.2) is 8.42 Å². The van der Waals surface area contributed by atoms with Crippen molar-refractivity contribution in [3.8, 4) is 5.75 Å². The van der Waals surface area contributed by atoms with Gasteiger partial charge in [-0.05, 0) is 12.1 Å². The highest BCUT2D eigenvalue weighted by atomic mass is 32.2. The van der Waals surface area contributed by atoms with E-state index in [4.69, 9.17) is 5.73 Å².